The SMILES string of the molecule is Brc1cncc(OCc2cc(CNC3CC3)co2)c1. The summed E-state index contributed by atoms with van der Waals surface area (Å²) < 4.78 is 12.0. The lowest BCUT2D eigenvalue weighted by atomic mass is 10.3. The van der Waals surface area contributed by atoms with Gasteiger partial charge in [-0.05, 0) is 40.9 Å². The molecule has 3 rings (SSSR count). The van der Waals surface area contributed by atoms with Crippen molar-refractivity contribution in [1.82, 2.24) is 10.3 Å². The molecule has 0 atom stereocenters. The summed E-state index contributed by atoms with van der Waals surface area (Å²) >= 11 is 3.36. The highest BCUT2D eigenvalue weighted by molar-refractivity contribution is 9.10. The highest BCUT2D eigenvalue weighted by Gasteiger charge is 2.20. The second-order valence-corrected chi connectivity index (χ2v) is 5.62. The van der Waals surface area contributed by atoms with Crippen molar-refractivity contribution in [2.45, 2.75) is 32.0 Å². The summed E-state index contributed by atoms with van der Waals surface area (Å²) in [5.41, 5.74) is 1.16. The molecule has 0 unspecified atom stereocenters. The van der Waals surface area contributed by atoms with Gasteiger partial charge in [0.2, 0.25) is 0 Å². The fourth-order valence-electron chi connectivity index (χ4n) is 1.77. The van der Waals surface area contributed by atoms with E-state index in [-0.39, 0.29) is 0 Å². The number of furan rings is 1. The minimum Gasteiger partial charge on any atom is -0.484 e. The fourth-order valence-corrected chi connectivity index (χ4v) is 2.11. The molecule has 0 aromatic carbocycles. The molecule has 19 heavy (non-hydrogen) atoms. The molecule has 2 aromatic rings. The van der Waals surface area contributed by atoms with Crippen molar-refractivity contribution < 1.29 is 9.15 Å². The number of hydrogen-bond acceptors (Lipinski definition) is 4. The van der Waals surface area contributed by atoms with Gasteiger partial charge in [0, 0.05) is 28.8 Å². The van der Waals surface area contributed by atoms with Crippen LogP contribution in [0.15, 0.2) is 39.7 Å². The van der Waals surface area contributed by atoms with Gasteiger partial charge in [-0.1, -0.05) is 0 Å². The van der Waals surface area contributed by atoms with Crippen molar-refractivity contribution >= 4 is 15.9 Å². The van der Waals surface area contributed by atoms with E-state index in [4.69, 9.17) is 9.15 Å². The van der Waals surface area contributed by atoms with E-state index in [1.807, 2.05) is 12.1 Å². The monoisotopic (exact) mass is 322 g/mol. The zero-order chi connectivity index (χ0) is 13.1. The number of rotatable bonds is 6. The van der Waals surface area contributed by atoms with Gasteiger partial charge in [-0.25, -0.2) is 0 Å². The Morgan fingerprint density at radius 2 is 2.26 bits per heavy atom. The van der Waals surface area contributed by atoms with Crippen LogP contribution >= 0.6 is 15.9 Å². The van der Waals surface area contributed by atoms with Gasteiger partial charge in [0.1, 0.15) is 18.1 Å². The summed E-state index contributed by atoms with van der Waals surface area (Å²) in [6, 6.07) is 4.62. The maximum Gasteiger partial charge on any atom is 0.146 e. The van der Waals surface area contributed by atoms with Crippen molar-refractivity contribution in [2.75, 3.05) is 0 Å². The molecule has 1 saturated carbocycles. The summed E-state index contributed by atoms with van der Waals surface area (Å²) in [6.45, 7) is 1.29. The first-order valence-electron chi connectivity index (χ1n) is 6.32. The van der Waals surface area contributed by atoms with E-state index in [0.717, 1.165) is 28.1 Å². The predicted molar refractivity (Wildman–Crippen MR) is 74.8 cm³/mol. The average molecular weight is 323 g/mol. The second kappa shape index (κ2) is 5.75. The molecule has 0 aliphatic heterocycles. The predicted octanol–water partition coefficient (Wildman–Crippen LogP) is 3.27. The van der Waals surface area contributed by atoms with Crippen LogP contribution in [0.4, 0.5) is 0 Å². The van der Waals surface area contributed by atoms with Crippen LogP contribution in [0.3, 0.4) is 0 Å². The van der Waals surface area contributed by atoms with Crippen molar-refractivity contribution in [2.24, 2.45) is 0 Å². The van der Waals surface area contributed by atoms with E-state index >= 15 is 0 Å². The lowest BCUT2D eigenvalue weighted by Gasteiger charge is -2.03. The Hall–Kier alpha value is -1.33. The zero-order valence-electron chi connectivity index (χ0n) is 10.4. The van der Waals surface area contributed by atoms with Crippen LogP contribution in [0, 0.1) is 0 Å². The van der Waals surface area contributed by atoms with Crippen LogP contribution in [0.5, 0.6) is 5.75 Å². The maximum absolute atomic E-state index is 5.62. The molecule has 2 aromatic heterocycles. The van der Waals surface area contributed by atoms with E-state index < -0.39 is 0 Å². The second-order valence-electron chi connectivity index (χ2n) is 4.70. The lowest BCUT2D eigenvalue weighted by molar-refractivity contribution is 0.269. The summed E-state index contributed by atoms with van der Waals surface area (Å²) in [5, 5.41) is 3.45. The summed E-state index contributed by atoms with van der Waals surface area (Å²) in [5.74, 6) is 1.55. The number of nitrogens with one attached hydrogen (secondary N) is 1. The van der Waals surface area contributed by atoms with Crippen LogP contribution in [0.25, 0.3) is 0 Å². The molecule has 5 heteroatoms. The van der Waals surface area contributed by atoms with E-state index in [0.29, 0.717) is 12.6 Å². The highest BCUT2D eigenvalue weighted by Crippen LogP contribution is 2.20. The number of hydrogen-bond donors (Lipinski definition) is 1. The first-order chi connectivity index (χ1) is 9.29. The van der Waals surface area contributed by atoms with Crippen molar-refractivity contribution in [1.29, 1.82) is 0 Å². The molecule has 0 spiro atoms. The van der Waals surface area contributed by atoms with Gasteiger partial charge in [-0.15, -0.1) is 0 Å². The third-order valence-electron chi connectivity index (χ3n) is 2.94. The topological polar surface area (TPSA) is 47.3 Å². The van der Waals surface area contributed by atoms with Gasteiger partial charge in [-0.2, -0.15) is 0 Å². The van der Waals surface area contributed by atoms with Gasteiger partial charge in [0.15, 0.2) is 0 Å². The molecule has 1 fully saturated rings. The standard InChI is InChI=1S/C14H15BrN2O2/c15-11-4-13(7-16-6-11)19-9-14-3-10(8-18-14)5-17-12-1-2-12/h3-4,6-8,12,17H,1-2,5,9H2. The third kappa shape index (κ3) is 3.81. The van der Waals surface area contributed by atoms with Crippen molar-refractivity contribution in [3.05, 3.63) is 46.6 Å². The van der Waals surface area contributed by atoms with E-state index in [1.54, 1.807) is 18.7 Å². The maximum atomic E-state index is 5.62. The highest BCUT2D eigenvalue weighted by atomic mass is 79.9. The molecule has 0 amide bonds. The van der Waals surface area contributed by atoms with Gasteiger partial charge >= 0.3 is 0 Å². The molecule has 2 heterocycles. The Kier molecular flexibility index (Phi) is 3.84. The van der Waals surface area contributed by atoms with E-state index in [2.05, 4.69) is 26.2 Å². The molecular weight excluding hydrogens is 308 g/mol. The summed E-state index contributed by atoms with van der Waals surface area (Å²) in [6.07, 6.45) is 7.78. The van der Waals surface area contributed by atoms with Gasteiger partial charge in [0.25, 0.3) is 0 Å². The van der Waals surface area contributed by atoms with Crippen LogP contribution in [0.1, 0.15) is 24.2 Å². The quantitative estimate of drug-likeness (QED) is 0.886. The lowest BCUT2D eigenvalue weighted by Crippen LogP contribution is -2.14. The molecule has 1 N–H and O–H groups in total. The normalized spacial score (nSPS) is 14.6. The Morgan fingerprint density at radius 3 is 3.05 bits per heavy atom. The molecule has 1 aliphatic carbocycles. The third-order valence-corrected chi connectivity index (χ3v) is 3.37. The molecule has 4 nitrogen and oxygen atoms in total. The first-order valence-corrected chi connectivity index (χ1v) is 7.12. The molecular formula is C14H15BrN2O2. The number of nitrogens with zero attached hydrogens (tertiary/aromatic N) is 1. The van der Waals surface area contributed by atoms with Gasteiger partial charge in [-0.3, -0.25) is 4.98 Å². The minimum atomic E-state index is 0.418. The smallest absolute Gasteiger partial charge is 0.146 e. The molecule has 1 aliphatic rings. The molecule has 100 valence electrons. The largest absolute Gasteiger partial charge is 0.484 e. The summed E-state index contributed by atoms with van der Waals surface area (Å²) in [7, 11) is 0. The molecule has 0 bridgehead atoms. The fraction of sp³-hybridized carbons (Fsp3) is 0.357. The van der Waals surface area contributed by atoms with Crippen molar-refractivity contribution in [3.63, 3.8) is 0 Å². The van der Waals surface area contributed by atoms with Crippen LogP contribution in [-0.4, -0.2) is 11.0 Å². The molecule has 0 saturated heterocycles. The Labute approximate surface area is 120 Å². The van der Waals surface area contributed by atoms with Crippen LogP contribution < -0.4 is 10.1 Å². The van der Waals surface area contributed by atoms with Gasteiger partial charge < -0.3 is 14.5 Å². The van der Waals surface area contributed by atoms with Crippen molar-refractivity contribution in [3.8, 4) is 5.75 Å². The first kappa shape index (κ1) is 12.7. The number of halogens is 1. The van der Waals surface area contributed by atoms with E-state index in [9.17, 15) is 0 Å². The number of aromatic nitrogens is 1. The Bertz CT molecular complexity index is 552. The zero-order valence-corrected chi connectivity index (χ0v) is 12.0. The van der Waals surface area contributed by atoms with Crippen LogP contribution in [-0.2, 0) is 13.2 Å². The summed E-state index contributed by atoms with van der Waals surface area (Å²) in [4.78, 5) is 4.04. The van der Waals surface area contributed by atoms with Gasteiger partial charge in [0.05, 0.1) is 12.5 Å². The Balaban J connectivity index is 1.51. The number of pyridine rings is 1. The minimum absolute atomic E-state index is 0.418. The van der Waals surface area contributed by atoms with Crippen LogP contribution in [0.2, 0.25) is 0 Å². The number of ether oxygens (including phenoxy) is 1. The van der Waals surface area contributed by atoms with E-state index in [1.165, 1.54) is 12.8 Å². The average Bonchev–Trinajstić information content (AvgIpc) is 3.13. The Morgan fingerprint density at radius 1 is 1.37 bits per heavy atom. The molecule has 0 radical (unpaired) electrons.